The number of carbonyl (C=O) groups excluding carboxylic acids is 1. The van der Waals surface area contributed by atoms with Crippen molar-refractivity contribution >= 4 is 17.2 Å². The molecule has 0 aromatic carbocycles. The molecule has 0 atom stereocenters. The zero-order chi connectivity index (χ0) is 13.8. The van der Waals surface area contributed by atoms with Gasteiger partial charge in [-0.3, -0.25) is 4.79 Å². The summed E-state index contributed by atoms with van der Waals surface area (Å²) in [4.78, 5) is 19.5. The van der Waals surface area contributed by atoms with Crippen molar-refractivity contribution in [2.75, 3.05) is 13.1 Å². The van der Waals surface area contributed by atoms with E-state index in [9.17, 15) is 4.79 Å². The summed E-state index contributed by atoms with van der Waals surface area (Å²) >= 11 is 1.66. The highest BCUT2D eigenvalue weighted by molar-refractivity contribution is 7.10. The summed E-state index contributed by atoms with van der Waals surface area (Å²) in [6, 6.07) is 4.04. The van der Waals surface area contributed by atoms with Crippen LogP contribution in [0.2, 0.25) is 0 Å². The SMILES string of the molecule is O=C(Cc1cccs1)N1CCC(Cn2ccnc2)CC1. The van der Waals surface area contributed by atoms with Crippen molar-refractivity contribution in [1.82, 2.24) is 14.5 Å². The Balaban J connectivity index is 1.47. The number of likely N-dealkylation sites (tertiary alicyclic amines) is 1. The van der Waals surface area contributed by atoms with Crippen LogP contribution in [0.25, 0.3) is 0 Å². The lowest BCUT2D eigenvalue weighted by Gasteiger charge is -2.32. The van der Waals surface area contributed by atoms with Crippen LogP contribution in [0.15, 0.2) is 36.2 Å². The van der Waals surface area contributed by atoms with E-state index < -0.39 is 0 Å². The van der Waals surface area contributed by atoms with Crippen molar-refractivity contribution < 1.29 is 4.79 Å². The van der Waals surface area contributed by atoms with Gasteiger partial charge in [0, 0.05) is 36.9 Å². The lowest BCUT2D eigenvalue weighted by atomic mass is 9.96. The van der Waals surface area contributed by atoms with Crippen LogP contribution in [0.1, 0.15) is 17.7 Å². The molecular formula is C15H19N3OS. The van der Waals surface area contributed by atoms with Gasteiger partial charge in [0.25, 0.3) is 0 Å². The third-order valence-corrected chi connectivity index (χ3v) is 4.78. The van der Waals surface area contributed by atoms with Crippen molar-refractivity contribution in [2.45, 2.75) is 25.8 Å². The largest absolute Gasteiger partial charge is 0.342 e. The minimum atomic E-state index is 0.272. The molecule has 0 radical (unpaired) electrons. The Morgan fingerprint density at radius 1 is 1.40 bits per heavy atom. The normalized spacial score (nSPS) is 16.5. The molecule has 2 aromatic rings. The molecule has 1 fully saturated rings. The molecule has 1 saturated heterocycles. The van der Waals surface area contributed by atoms with Gasteiger partial charge in [-0.25, -0.2) is 4.98 Å². The van der Waals surface area contributed by atoms with E-state index in [-0.39, 0.29) is 5.91 Å². The van der Waals surface area contributed by atoms with Crippen molar-refractivity contribution in [1.29, 1.82) is 0 Å². The molecule has 0 N–H and O–H groups in total. The molecule has 0 aliphatic carbocycles. The van der Waals surface area contributed by atoms with E-state index in [1.165, 1.54) is 0 Å². The van der Waals surface area contributed by atoms with Crippen molar-refractivity contribution in [3.63, 3.8) is 0 Å². The van der Waals surface area contributed by atoms with Gasteiger partial charge in [-0.2, -0.15) is 0 Å². The van der Waals surface area contributed by atoms with Gasteiger partial charge >= 0.3 is 0 Å². The van der Waals surface area contributed by atoms with Crippen LogP contribution >= 0.6 is 11.3 Å². The fourth-order valence-electron chi connectivity index (χ4n) is 2.73. The number of piperidine rings is 1. The summed E-state index contributed by atoms with van der Waals surface area (Å²) in [5.74, 6) is 0.934. The van der Waals surface area contributed by atoms with Crippen LogP contribution in [0, 0.1) is 5.92 Å². The van der Waals surface area contributed by atoms with Gasteiger partial charge in [0.05, 0.1) is 12.7 Å². The first-order valence-electron chi connectivity index (χ1n) is 7.07. The Bertz CT molecular complexity index is 527. The Hall–Kier alpha value is -1.62. The van der Waals surface area contributed by atoms with Gasteiger partial charge in [0.15, 0.2) is 0 Å². The van der Waals surface area contributed by atoms with E-state index in [1.54, 1.807) is 11.3 Å². The molecule has 106 valence electrons. The van der Waals surface area contributed by atoms with Gasteiger partial charge in [-0.15, -0.1) is 11.3 Å². The van der Waals surface area contributed by atoms with Crippen molar-refractivity contribution in [2.24, 2.45) is 5.92 Å². The van der Waals surface area contributed by atoms with E-state index in [0.717, 1.165) is 37.4 Å². The first-order valence-corrected chi connectivity index (χ1v) is 7.95. The van der Waals surface area contributed by atoms with Crippen LogP contribution in [0.4, 0.5) is 0 Å². The quantitative estimate of drug-likeness (QED) is 0.867. The van der Waals surface area contributed by atoms with E-state index in [1.807, 2.05) is 41.1 Å². The third kappa shape index (κ3) is 3.28. The number of carbonyl (C=O) groups is 1. The molecule has 1 aliphatic heterocycles. The summed E-state index contributed by atoms with van der Waals surface area (Å²) < 4.78 is 2.13. The van der Waals surface area contributed by atoms with Gasteiger partial charge in [0.2, 0.25) is 5.91 Å². The number of hydrogen-bond donors (Lipinski definition) is 0. The Morgan fingerprint density at radius 2 is 2.25 bits per heavy atom. The van der Waals surface area contributed by atoms with Crippen LogP contribution in [-0.2, 0) is 17.8 Å². The third-order valence-electron chi connectivity index (χ3n) is 3.90. The summed E-state index contributed by atoms with van der Waals surface area (Å²) in [6.45, 7) is 2.81. The molecule has 0 unspecified atom stereocenters. The van der Waals surface area contributed by atoms with E-state index >= 15 is 0 Å². The summed E-state index contributed by atoms with van der Waals surface area (Å²) in [5, 5.41) is 2.03. The zero-order valence-corrected chi connectivity index (χ0v) is 12.3. The fraction of sp³-hybridized carbons (Fsp3) is 0.467. The Labute approximate surface area is 123 Å². The Morgan fingerprint density at radius 3 is 2.90 bits per heavy atom. The predicted octanol–water partition coefficient (Wildman–Crippen LogP) is 2.43. The number of aromatic nitrogens is 2. The van der Waals surface area contributed by atoms with Crippen LogP contribution < -0.4 is 0 Å². The molecule has 4 nitrogen and oxygen atoms in total. The second kappa shape index (κ2) is 6.22. The van der Waals surface area contributed by atoms with Crippen LogP contribution in [-0.4, -0.2) is 33.4 Å². The number of rotatable bonds is 4. The highest BCUT2D eigenvalue weighted by Crippen LogP contribution is 2.20. The molecule has 2 aromatic heterocycles. The van der Waals surface area contributed by atoms with E-state index in [0.29, 0.717) is 12.3 Å². The molecule has 1 amide bonds. The maximum Gasteiger partial charge on any atom is 0.227 e. The van der Waals surface area contributed by atoms with E-state index in [4.69, 9.17) is 0 Å². The van der Waals surface area contributed by atoms with Crippen LogP contribution in [0.5, 0.6) is 0 Å². The van der Waals surface area contributed by atoms with Crippen molar-refractivity contribution in [3.05, 3.63) is 41.1 Å². The molecule has 1 aliphatic rings. The molecule has 0 bridgehead atoms. The first kappa shape index (κ1) is 13.4. The second-order valence-corrected chi connectivity index (χ2v) is 6.37. The van der Waals surface area contributed by atoms with E-state index in [2.05, 4.69) is 9.55 Å². The number of amides is 1. The molecule has 0 saturated carbocycles. The standard InChI is InChI=1S/C15H19N3OS/c19-15(10-14-2-1-9-20-14)18-6-3-13(4-7-18)11-17-8-5-16-12-17/h1-2,5,8-9,12-13H,3-4,6-7,10-11H2. The number of nitrogens with zero attached hydrogens (tertiary/aromatic N) is 3. The molecular weight excluding hydrogens is 270 g/mol. The maximum absolute atomic E-state index is 12.2. The second-order valence-electron chi connectivity index (χ2n) is 5.34. The first-order chi connectivity index (χ1) is 9.81. The minimum Gasteiger partial charge on any atom is -0.342 e. The number of thiophene rings is 1. The lowest BCUT2D eigenvalue weighted by molar-refractivity contribution is -0.131. The maximum atomic E-state index is 12.2. The summed E-state index contributed by atoms with van der Waals surface area (Å²) in [7, 11) is 0. The average molecular weight is 289 g/mol. The van der Waals surface area contributed by atoms with Gasteiger partial charge < -0.3 is 9.47 Å². The lowest BCUT2D eigenvalue weighted by Crippen LogP contribution is -2.40. The van der Waals surface area contributed by atoms with Gasteiger partial charge in [0.1, 0.15) is 0 Å². The molecule has 0 spiro atoms. The smallest absolute Gasteiger partial charge is 0.227 e. The number of imidazole rings is 1. The highest BCUT2D eigenvalue weighted by atomic mass is 32.1. The fourth-order valence-corrected chi connectivity index (χ4v) is 3.43. The Kier molecular flexibility index (Phi) is 4.16. The summed E-state index contributed by atoms with van der Waals surface area (Å²) in [5.41, 5.74) is 0. The predicted molar refractivity (Wildman–Crippen MR) is 79.6 cm³/mol. The monoisotopic (exact) mass is 289 g/mol. The highest BCUT2D eigenvalue weighted by Gasteiger charge is 2.23. The zero-order valence-electron chi connectivity index (χ0n) is 11.4. The van der Waals surface area contributed by atoms with Crippen LogP contribution in [0.3, 0.4) is 0 Å². The molecule has 20 heavy (non-hydrogen) atoms. The minimum absolute atomic E-state index is 0.272. The van der Waals surface area contributed by atoms with Gasteiger partial charge in [-0.05, 0) is 30.2 Å². The summed E-state index contributed by atoms with van der Waals surface area (Å²) in [6.07, 6.45) is 8.44. The van der Waals surface area contributed by atoms with Crippen molar-refractivity contribution in [3.8, 4) is 0 Å². The van der Waals surface area contributed by atoms with Gasteiger partial charge in [-0.1, -0.05) is 6.07 Å². The molecule has 5 heteroatoms. The topological polar surface area (TPSA) is 38.1 Å². The molecule has 3 rings (SSSR count). The number of hydrogen-bond acceptors (Lipinski definition) is 3. The molecule has 3 heterocycles. The average Bonchev–Trinajstić information content (AvgIpc) is 3.13.